The van der Waals surface area contributed by atoms with Gasteiger partial charge in [-0.05, 0) is 41.7 Å². The predicted octanol–water partition coefficient (Wildman–Crippen LogP) is 6.67. The first kappa shape index (κ1) is 30.6. The monoisotopic (exact) mass is 601 g/mol. The van der Waals surface area contributed by atoms with Crippen LogP contribution in [0.4, 0.5) is 10.5 Å². The van der Waals surface area contributed by atoms with Crippen LogP contribution in [-0.4, -0.2) is 53.2 Å². The maximum absolute atomic E-state index is 12.9. The molecule has 3 aromatic rings. The highest BCUT2D eigenvalue weighted by molar-refractivity contribution is 7.91. The lowest BCUT2D eigenvalue weighted by atomic mass is 9.85. The third-order valence-electron chi connectivity index (χ3n) is 7.62. The number of anilines is 1. The molecule has 2 amide bonds. The van der Waals surface area contributed by atoms with Crippen LogP contribution >= 0.6 is 0 Å². The molecule has 0 aromatic heterocycles. The normalized spacial score (nSPS) is 18.2. The van der Waals surface area contributed by atoms with Crippen LogP contribution < -0.4 is 15.5 Å². The maximum Gasteiger partial charge on any atom is 0.341 e. The molecule has 3 aromatic carbocycles. The fraction of sp³-hybridized carbons (Fsp3) is 0.364. The van der Waals surface area contributed by atoms with Gasteiger partial charge in [-0.15, -0.1) is 5.11 Å². The number of allylic oxidation sites excluding steroid dienone is 2. The zero-order valence-electron chi connectivity index (χ0n) is 25.1. The van der Waals surface area contributed by atoms with Crippen molar-refractivity contribution in [3.63, 3.8) is 0 Å². The highest BCUT2D eigenvalue weighted by Gasteiger charge is 2.27. The van der Waals surface area contributed by atoms with Gasteiger partial charge in [0.15, 0.2) is 6.10 Å². The molecule has 5 rings (SSSR count). The molecule has 1 saturated heterocycles. The number of aryl methyl sites for hydroxylation is 1. The van der Waals surface area contributed by atoms with Gasteiger partial charge in [0.25, 0.3) is 0 Å². The molecule has 0 aliphatic carbocycles. The van der Waals surface area contributed by atoms with Crippen LogP contribution in [0.1, 0.15) is 38.0 Å². The van der Waals surface area contributed by atoms with Crippen molar-refractivity contribution in [3.05, 3.63) is 95.4 Å². The average Bonchev–Trinajstić information content (AvgIpc) is 2.99. The van der Waals surface area contributed by atoms with Gasteiger partial charge in [-0.2, -0.15) is 0 Å². The van der Waals surface area contributed by atoms with Crippen molar-refractivity contribution in [2.75, 3.05) is 43.1 Å². The van der Waals surface area contributed by atoms with Crippen LogP contribution in [0.5, 0.6) is 5.75 Å². The van der Waals surface area contributed by atoms with Crippen molar-refractivity contribution in [2.45, 2.75) is 33.8 Å². The number of carbonyl (C=O) groups is 1. The van der Waals surface area contributed by atoms with E-state index in [4.69, 9.17) is 9.47 Å². The minimum atomic E-state index is -0.693. The largest absolute Gasteiger partial charge is 0.616 e. The Morgan fingerprint density at radius 2 is 1.79 bits per heavy atom. The van der Waals surface area contributed by atoms with Crippen molar-refractivity contribution >= 4 is 33.7 Å². The smallest absolute Gasteiger partial charge is 0.341 e. The van der Waals surface area contributed by atoms with Gasteiger partial charge in [0.1, 0.15) is 29.6 Å². The Morgan fingerprint density at radius 3 is 2.53 bits per heavy atom. The number of nitrogens with one attached hydrogen (secondary N) is 2. The first-order valence-electron chi connectivity index (χ1n) is 14.5. The zero-order valence-corrected chi connectivity index (χ0v) is 25.9. The molecule has 9 nitrogen and oxygen atoms in total. The first-order valence-corrected chi connectivity index (χ1v) is 16.0. The molecule has 226 valence electrons. The van der Waals surface area contributed by atoms with E-state index in [1.54, 1.807) is 6.26 Å². The third-order valence-corrected chi connectivity index (χ3v) is 8.90. The van der Waals surface area contributed by atoms with E-state index in [2.05, 4.69) is 46.8 Å². The molecule has 43 heavy (non-hydrogen) atoms. The number of rotatable bonds is 8. The van der Waals surface area contributed by atoms with E-state index in [1.807, 2.05) is 73.7 Å². The van der Waals surface area contributed by atoms with E-state index in [1.165, 1.54) is 0 Å². The fourth-order valence-electron chi connectivity index (χ4n) is 5.04. The van der Waals surface area contributed by atoms with Gasteiger partial charge in [0, 0.05) is 36.0 Å². The number of carbonyl (C=O) groups excluding carboxylic acids is 1. The minimum absolute atomic E-state index is 0.145. The second-order valence-electron chi connectivity index (χ2n) is 11.7. The third kappa shape index (κ3) is 7.76. The number of hydrogen-bond donors (Lipinski definition) is 2. The van der Waals surface area contributed by atoms with Crippen molar-refractivity contribution in [1.82, 2.24) is 10.3 Å². The summed E-state index contributed by atoms with van der Waals surface area (Å²) >= 11 is -0.693. The van der Waals surface area contributed by atoms with Gasteiger partial charge in [0.05, 0.1) is 11.9 Å². The number of benzene rings is 3. The maximum atomic E-state index is 12.9. The number of urea groups is 1. The molecule has 1 fully saturated rings. The molecule has 0 saturated carbocycles. The van der Waals surface area contributed by atoms with Crippen LogP contribution in [0.3, 0.4) is 0 Å². The molecular weight excluding hydrogens is 562 g/mol. The van der Waals surface area contributed by atoms with Crippen LogP contribution in [0, 0.1) is 12.3 Å². The Hall–Kier alpha value is -3.86. The second kappa shape index (κ2) is 13.6. The molecule has 2 aliphatic rings. The number of hydrogen-bond acceptors (Lipinski definition) is 7. The highest BCUT2D eigenvalue weighted by Crippen LogP contribution is 2.38. The molecule has 0 radical (unpaired) electrons. The number of ether oxygens (including phenoxy) is 2. The lowest BCUT2D eigenvalue weighted by Gasteiger charge is -2.28. The molecule has 2 aliphatic heterocycles. The Kier molecular flexibility index (Phi) is 9.69. The van der Waals surface area contributed by atoms with Gasteiger partial charge in [0.2, 0.25) is 0 Å². The predicted molar refractivity (Wildman–Crippen MR) is 171 cm³/mol. The van der Waals surface area contributed by atoms with E-state index >= 15 is 0 Å². The Balaban J connectivity index is 1.25. The van der Waals surface area contributed by atoms with E-state index < -0.39 is 23.3 Å². The number of nitrogens with zero attached hydrogens (tertiary/aromatic N) is 3. The Morgan fingerprint density at radius 1 is 1.07 bits per heavy atom. The molecule has 1 unspecified atom stereocenters. The lowest BCUT2D eigenvalue weighted by Crippen LogP contribution is -2.42. The number of fused-ring (bicyclic) bond motifs is 1. The second-order valence-corrected chi connectivity index (χ2v) is 13.4. The van der Waals surface area contributed by atoms with E-state index in [9.17, 15) is 9.35 Å². The first-order chi connectivity index (χ1) is 20.7. The van der Waals surface area contributed by atoms with Crippen LogP contribution in [0.25, 0.3) is 10.8 Å². The van der Waals surface area contributed by atoms with Crippen molar-refractivity contribution in [2.24, 2.45) is 15.8 Å². The van der Waals surface area contributed by atoms with Crippen molar-refractivity contribution in [1.29, 1.82) is 0 Å². The molecular formula is C33H39N5O4S. The van der Waals surface area contributed by atoms with E-state index in [0.29, 0.717) is 18.0 Å². The minimum Gasteiger partial charge on any atom is -0.616 e. The van der Waals surface area contributed by atoms with E-state index in [-0.39, 0.29) is 5.41 Å². The summed E-state index contributed by atoms with van der Waals surface area (Å²) < 4.78 is 23.9. The summed E-state index contributed by atoms with van der Waals surface area (Å²) in [6.45, 7) is 11.3. The van der Waals surface area contributed by atoms with Crippen molar-refractivity contribution in [3.8, 4) is 5.75 Å². The Bertz CT molecular complexity index is 1540. The standard InChI is InChI=1S/C33H39N5O4S/c1-23-9-5-6-10-25(23)31-29(21-24(22-42-31)33(2,3)4)35-37-36-32(39)34-28-13-14-30(27-12-8-7-11-26(27)28)41-18-15-38-16-19-43(40)20-17-38/h5-14,21-22,31H,15-20H2,1-4H3,(H2,34,35,36,39). The van der Waals surface area contributed by atoms with Crippen LogP contribution in [0.2, 0.25) is 0 Å². The fourth-order valence-corrected chi connectivity index (χ4v) is 6.16. The van der Waals surface area contributed by atoms with Gasteiger partial charge < -0.3 is 19.3 Å². The molecule has 2 N–H and O–H groups in total. The quantitative estimate of drug-likeness (QED) is 0.170. The zero-order chi connectivity index (χ0) is 30.4. The van der Waals surface area contributed by atoms with Gasteiger partial charge in [-0.25, -0.2) is 10.2 Å². The summed E-state index contributed by atoms with van der Waals surface area (Å²) in [6.07, 6.45) is 3.32. The van der Waals surface area contributed by atoms with E-state index in [0.717, 1.165) is 64.4 Å². The summed E-state index contributed by atoms with van der Waals surface area (Å²) in [5.41, 5.74) is 6.65. The summed E-state index contributed by atoms with van der Waals surface area (Å²) in [7, 11) is 0. The summed E-state index contributed by atoms with van der Waals surface area (Å²) in [6, 6.07) is 18.9. The SMILES string of the molecule is Cc1ccccc1C1OC=C(C(C)(C)C)C=C1N=NNC(=O)Nc1ccc(OCCN2CC[S+]([O-])CC2)c2ccccc12. The Labute approximate surface area is 256 Å². The van der Waals surface area contributed by atoms with Crippen molar-refractivity contribution < 1.29 is 18.8 Å². The molecule has 0 bridgehead atoms. The van der Waals surface area contributed by atoms with Crippen LogP contribution in [0.15, 0.2) is 94.6 Å². The van der Waals surface area contributed by atoms with Gasteiger partial charge in [-0.3, -0.25) is 4.90 Å². The molecule has 0 spiro atoms. The van der Waals surface area contributed by atoms with Gasteiger partial charge >= 0.3 is 6.03 Å². The lowest BCUT2D eigenvalue weighted by molar-refractivity contribution is 0.163. The molecule has 1 atom stereocenters. The summed E-state index contributed by atoms with van der Waals surface area (Å²) in [5.74, 6) is 2.19. The molecule has 2 heterocycles. The highest BCUT2D eigenvalue weighted by atomic mass is 32.2. The summed E-state index contributed by atoms with van der Waals surface area (Å²) in [4.78, 5) is 15.2. The van der Waals surface area contributed by atoms with Gasteiger partial charge in [-0.1, -0.05) is 85.7 Å². The average molecular weight is 602 g/mol. The van der Waals surface area contributed by atoms with Crippen LogP contribution in [-0.2, 0) is 15.9 Å². The number of amides is 2. The molecule has 10 heteroatoms. The topological polar surface area (TPSA) is 111 Å². The summed E-state index contributed by atoms with van der Waals surface area (Å²) in [5, 5.41) is 13.1.